The molecule has 2 aliphatic heterocycles. The molecule has 7 nitrogen and oxygen atoms in total. The van der Waals surface area contributed by atoms with Gasteiger partial charge in [0.25, 0.3) is 0 Å². The number of benzene rings is 2. The number of fused-ring (bicyclic) bond motifs is 2. The first-order valence-corrected chi connectivity index (χ1v) is 9.96. The van der Waals surface area contributed by atoms with Crippen LogP contribution in [0.5, 0.6) is 5.75 Å². The standard InChI is InChI=1S/C23H22N4O3/c1-26-12-10-24-21(26)20-23(17-7-2-3-8-18(17)25-22(23)30)9-11-27(20)19(29)14-15-5-4-6-16(28)13-15/h2-8,10,12-13,20,28H,9,11,14H2,1H3,(H,25,30)/t20-,23+/m0/s1. The van der Waals surface area contributed by atoms with Crippen LogP contribution in [0.3, 0.4) is 0 Å². The molecule has 5 rings (SSSR count). The van der Waals surface area contributed by atoms with Crippen LogP contribution in [0.1, 0.15) is 29.4 Å². The van der Waals surface area contributed by atoms with E-state index in [0.717, 1.165) is 16.8 Å². The Balaban J connectivity index is 1.59. The first-order chi connectivity index (χ1) is 14.5. The molecule has 0 unspecified atom stereocenters. The fourth-order valence-corrected chi connectivity index (χ4v) is 4.90. The molecule has 2 amide bonds. The van der Waals surface area contributed by atoms with Crippen LogP contribution in [0.4, 0.5) is 5.69 Å². The van der Waals surface area contributed by atoms with Gasteiger partial charge in [-0.05, 0) is 35.7 Å². The fourth-order valence-electron chi connectivity index (χ4n) is 4.90. The van der Waals surface area contributed by atoms with Crippen LogP contribution in [0.2, 0.25) is 0 Å². The molecule has 2 atom stereocenters. The van der Waals surface area contributed by atoms with E-state index in [1.54, 1.807) is 29.3 Å². The Bertz CT molecular complexity index is 1150. The first kappa shape index (κ1) is 18.4. The minimum Gasteiger partial charge on any atom is -0.508 e. The van der Waals surface area contributed by atoms with E-state index >= 15 is 0 Å². The van der Waals surface area contributed by atoms with Gasteiger partial charge in [-0.2, -0.15) is 0 Å². The number of carbonyl (C=O) groups excluding carboxylic acids is 2. The number of aromatic hydroxyl groups is 1. The second-order valence-corrected chi connectivity index (χ2v) is 7.95. The molecule has 2 aromatic carbocycles. The smallest absolute Gasteiger partial charge is 0.237 e. The van der Waals surface area contributed by atoms with Gasteiger partial charge in [-0.15, -0.1) is 0 Å². The number of aryl methyl sites for hydroxylation is 1. The van der Waals surface area contributed by atoms with Crippen molar-refractivity contribution in [2.45, 2.75) is 24.3 Å². The maximum absolute atomic E-state index is 13.4. The van der Waals surface area contributed by atoms with Crippen molar-refractivity contribution < 1.29 is 14.7 Å². The van der Waals surface area contributed by atoms with Gasteiger partial charge in [-0.1, -0.05) is 30.3 Å². The van der Waals surface area contributed by atoms with Crippen LogP contribution in [-0.4, -0.2) is 37.9 Å². The lowest BCUT2D eigenvalue weighted by Gasteiger charge is -2.33. The summed E-state index contributed by atoms with van der Waals surface area (Å²) in [4.78, 5) is 33.0. The lowest BCUT2D eigenvalue weighted by atomic mass is 9.74. The summed E-state index contributed by atoms with van der Waals surface area (Å²) in [7, 11) is 1.88. The number of imidazole rings is 1. The number of hydrogen-bond acceptors (Lipinski definition) is 4. The van der Waals surface area contributed by atoms with Crippen LogP contribution >= 0.6 is 0 Å². The highest BCUT2D eigenvalue weighted by molar-refractivity contribution is 6.07. The van der Waals surface area contributed by atoms with Crippen molar-refractivity contribution >= 4 is 17.5 Å². The highest BCUT2D eigenvalue weighted by Gasteiger charge is 2.60. The molecule has 1 saturated heterocycles. The SMILES string of the molecule is Cn1ccnc1[C@@H]1N(C(=O)Cc2cccc(O)c2)CC[C@]12C(=O)Nc1ccccc12. The average molecular weight is 402 g/mol. The van der Waals surface area contributed by atoms with E-state index in [1.165, 1.54) is 0 Å². The van der Waals surface area contributed by atoms with E-state index in [4.69, 9.17) is 0 Å². The van der Waals surface area contributed by atoms with Gasteiger partial charge in [-0.25, -0.2) is 4.98 Å². The summed E-state index contributed by atoms with van der Waals surface area (Å²) in [5.74, 6) is 0.624. The maximum atomic E-state index is 13.4. The van der Waals surface area contributed by atoms with Crippen molar-refractivity contribution in [3.63, 3.8) is 0 Å². The number of likely N-dealkylation sites (tertiary alicyclic amines) is 1. The fraction of sp³-hybridized carbons (Fsp3) is 0.261. The molecule has 0 radical (unpaired) electrons. The van der Waals surface area contributed by atoms with Gasteiger partial charge in [0.05, 0.1) is 6.42 Å². The second-order valence-electron chi connectivity index (χ2n) is 7.95. The van der Waals surface area contributed by atoms with Crippen LogP contribution in [-0.2, 0) is 28.5 Å². The molecule has 0 bridgehead atoms. The van der Waals surface area contributed by atoms with E-state index < -0.39 is 11.5 Å². The summed E-state index contributed by atoms with van der Waals surface area (Å²) in [6, 6.07) is 13.9. The van der Waals surface area contributed by atoms with Crippen LogP contribution in [0.25, 0.3) is 0 Å². The highest BCUT2D eigenvalue weighted by Crippen LogP contribution is 2.54. The molecule has 1 fully saturated rings. The van der Waals surface area contributed by atoms with Gasteiger partial charge in [-0.3, -0.25) is 9.59 Å². The Labute approximate surface area is 174 Å². The third kappa shape index (κ3) is 2.62. The molecule has 152 valence electrons. The summed E-state index contributed by atoms with van der Waals surface area (Å²) in [6.45, 7) is 0.455. The molecule has 3 heterocycles. The lowest BCUT2D eigenvalue weighted by Crippen LogP contribution is -2.44. The molecule has 0 aliphatic carbocycles. The predicted molar refractivity (Wildman–Crippen MR) is 111 cm³/mol. The summed E-state index contributed by atoms with van der Waals surface area (Å²) in [5.41, 5.74) is 1.57. The number of phenols is 1. The van der Waals surface area contributed by atoms with E-state index in [9.17, 15) is 14.7 Å². The molecule has 2 N–H and O–H groups in total. The van der Waals surface area contributed by atoms with Crippen LogP contribution < -0.4 is 5.32 Å². The number of nitrogens with zero attached hydrogens (tertiary/aromatic N) is 3. The predicted octanol–water partition coefficient (Wildman–Crippen LogP) is 2.53. The second kappa shape index (κ2) is 6.73. The maximum Gasteiger partial charge on any atom is 0.237 e. The third-order valence-electron chi connectivity index (χ3n) is 6.28. The van der Waals surface area contributed by atoms with Gasteiger partial charge >= 0.3 is 0 Å². The van der Waals surface area contributed by atoms with Gasteiger partial charge in [0.15, 0.2) is 0 Å². The molecule has 0 saturated carbocycles. The van der Waals surface area contributed by atoms with Gasteiger partial charge in [0, 0.05) is 31.7 Å². The first-order valence-electron chi connectivity index (χ1n) is 9.96. The molecule has 3 aromatic rings. The zero-order valence-electron chi connectivity index (χ0n) is 16.6. The number of anilines is 1. The van der Waals surface area contributed by atoms with Crippen molar-refractivity contribution in [1.29, 1.82) is 0 Å². The Kier molecular flexibility index (Phi) is 4.13. The molecule has 1 aromatic heterocycles. The van der Waals surface area contributed by atoms with E-state index in [-0.39, 0.29) is 24.0 Å². The number of aromatic nitrogens is 2. The highest BCUT2D eigenvalue weighted by atomic mass is 16.3. The molecular weight excluding hydrogens is 380 g/mol. The van der Waals surface area contributed by atoms with Gasteiger partial charge in [0.2, 0.25) is 11.8 Å². The largest absolute Gasteiger partial charge is 0.508 e. The van der Waals surface area contributed by atoms with Crippen molar-refractivity contribution in [2.24, 2.45) is 7.05 Å². The van der Waals surface area contributed by atoms with E-state index in [0.29, 0.717) is 18.8 Å². The minimum atomic E-state index is -0.871. The lowest BCUT2D eigenvalue weighted by molar-refractivity contribution is -0.133. The van der Waals surface area contributed by atoms with Crippen molar-refractivity contribution in [2.75, 3.05) is 11.9 Å². The summed E-state index contributed by atoms with van der Waals surface area (Å²) < 4.78 is 1.88. The number of nitrogens with one attached hydrogen (secondary N) is 1. The molecule has 7 heteroatoms. The summed E-state index contributed by atoms with van der Waals surface area (Å²) in [5, 5.41) is 12.8. The van der Waals surface area contributed by atoms with E-state index in [2.05, 4.69) is 10.3 Å². The van der Waals surface area contributed by atoms with Gasteiger partial charge in [0.1, 0.15) is 23.0 Å². The van der Waals surface area contributed by atoms with Gasteiger partial charge < -0.3 is 19.9 Å². The Hall–Kier alpha value is -3.61. The Morgan fingerprint density at radius 3 is 2.87 bits per heavy atom. The van der Waals surface area contributed by atoms with Crippen LogP contribution in [0.15, 0.2) is 60.9 Å². The van der Waals surface area contributed by atoms with Crippen molar-refractivity contribution in [1.82, 2.24) is 14.5 Å². The minimum absolute atomic E-state index is 0.0932. The molecule has 30 heavy (non-hydrogen) atoms. The Morgan fingerprint density at radius 1 is 1.27 bits per heavy atom. The zero-order valence-corrected chi connectivity index (χ0v) is 16.6. The number of carbonyl (C=O) groups is 2. The molecular formula is C23H22N4O3. The number of amides is 2. The topological polar surface area (TPSA) is 87.5 Å². The average Bonchev–Trinajstić information content (AvgIpc) is 3.39. The van der Waals surface area contributed by atoms with Crippen molar-refractivity contribution in [3.8, 4) is 5.75 Å². The Morgan fingerprint density at radius 2 is 2.10 bits per heavy atom. The van der Waals surface area contributed by atoms with Crippen molar-refractivity contribution in [3.05, 3.63) is 77.9 Å². The summed E-state index contributed by atoms with van der Waals surface area (Å²) >= 11 is 0. The third-order valence-corrected chi connectivity index (χ3v) is 6.28. The number of para-hydroxylation sites is 1. The number of hydrogen-bond donors (Lipinski definition) is 2. The monoisotopic (exact) mass is 402 g/mol. The summed E-state index contributed by atoms with van der Waals surface area (Å²) in [6.07, 6.45) is 4.20. The van der Waals surface area contributed by atoms with E-state index in [1.807, 2.05) is 48.1 Å². The molecule has 1 spiro atoms. The molecule has 2 aliphatic rings. The number of rotatable bonds is 3. The van der Waals surface area contributed by atoms with Crippen LogP contribution in [0, 0.1) is 0 Å². The zero-order chi connectivity index (χ0) is 20.9. The number of phenolic OH excluding ortho intramolecular Hbond substituents is 1. The quantitative estimate of drug-likeness (QED) is 0.705. The normalized spacial score (nSPS) is 22.4.